The van der Waals surface area contributed by atoms with Crippen LogP contribution in [0.1, 0.15) is 11.1 Å². The zero-order valence-corrected chi connectivity index (χ0v) is 14.0. The molecule has 1 aliphatic heterocycles. The van der Waals surface area contributed by atoms with Crippen LogP contribution in [0.25, 0.3) is 10.9 Å². The summed E-state index contributed by atoms with van der Waals surface area (Å²) in [7, 11) is 1.55. The fourth-order valence-corrected chi connectivity index (χ4v) is 3.11. The van der Waals surface area contributed by atoms with Crippen LogP contribution in [0.15, 0.2) is 24.3 Å². The smallest absolute Gasteiger partial charge is 0.248 e. The number of rotatable bonds is 3. The minimum atomic E-state index is 0.0608. The second-order valence-corrected chi connectivity index (χ2v) is 6.07. The van der Waals surface area contributed by atoms with Gasteiger partial charge in [0, 0.05) is 38.7 Å². The zero-order chi connectivity index (χ0) is 16.4. The monoisotopic (exact) mass is 313 g/mol. The normalized spacial score (nSPS) is 15.3. The Morgan fingerprint density at radius 1 is 1.17 bits per heavy atom. The number of amides is 1. The molecule has 1 aromatic carbocycles. The van der Waals surface area contributed by atoms with Gasteiger partial charge in [-0.3, -0.25) is 4.79 Å². The first-order chi connectivity index (χ1) is 11.1. The van der Waals surface area contributed by atoms with Gasteiger partial charge in [-0.2, -0.15) is 0 Å². The highest BCUT2D eigenvalue weighted by atomic mass is 16.5. The van der Waals surface area contributed by atoms with E-state index in [4.69, 9.17) is 9.72 Å². The average molecular weight is 313 g/mol. The summed E-state index contributed by atoms with van der Waals surface area (Å²) >= 11 is 0. The molecule has 2 aromatic rings. The standard InChI is InChI=1S/C18H23N3O2/c1-13-5-4-6-15-14(2)11-16(19-18(13)15)20-7-9-21(10-8-20)17(22)12-23-3/h4-6,11H,7-10,12H2,1-3H3. The van der Waals surface area contributed by atoms with Crippen molar-refractivity contribution in [3.63, 3.8) is 0 Å². The molecule has 2 heterocycles. The van der Waals surface area contributed by atoms with Crippen LogP contribution in [0.3, 0.4) is 0 Å². The van der Waals surface area contributed by atoms with Gasteiger partial charge >= 0.3 is 0 Å². The van der Waals surface area contributed by atoms with E-state index >= 15 is 0 Å². The molecule has 0 bridgehead atoms. The Bertz CT molecular complexity index is 722. The van der Waals surface area contributed by atoms with Gasteiger partial charge in [0.15, 0.2) is 0 Å². The number of carbonyl (C=O) groups excluding carboxylic acids is 1. The molecule has 0 atom stereocenters. The number of aromatic nitrogens is 1. The van der Waals surface area contributed by atoms with Crippen molar-refractivity contribution in [3.05, 3.63) is 35.4 Å². The third kappa shape index (κ3) is 3.15. The maximum Gasteiger partial charge on any atom is 0.248 e. The molecule has 0 unspecified atom stereocenters. The highest BCUT2D eigenvalue weighted by molar-refractivity contribution is 5.86. The minimum absolute atomic E-state index is 0.0608. The van der Waals surface area contributed by atoms with Crippen LogP contribution in [0.5, 0.6) is 0 Å². The first-order valence-corrected chi connectivity index (χ1v) is 7.99. The minimum Gasteiger partial charge on any atom is -0.375 e. The van der Waals surface area contributed by atoms with Gasteiger partial charge in [-0.25, -0.2) is 4.98 Å². The lowest BCUT2D eigenvalue weighted by molar-refractivity contribution is -0.135. The molecule has 0 radical (unpaired) electrons. The van der Waals surface area contributed by atoms with Crippen molar-refractivity contribution in [2.75, 3.05) is 44.8 Å². The first-order valence-electron chi connectivity index (χ1n) is 7.99. The third-order valence-electron chi connectivity index (χ3n) is 4.46. The van der Waals surface area contributed by atoms with Crippen LogP contribution in [0.2, 0.25) is 0 Å². The number of pyridine rings is 1. The van der Waals surface area contributed by atoms with Crippen molar-refractivity contribution < 1.29 is 9.53 Å². The molecule has 3 rings (SSSR count). The molecule has 1 fully saturated rings. The van der Waals surface area contributed by atoms with E-state index in [2.05, 4.69) is 43.0 Å². The molecule has 23 heavy (non-hydrogen) atoms. The number of aryl methyl sites for hydroxylation is 2. The van der Waals surface area contributed by atoms with Gasteiger partial charge in [-0.1, -0.05) is 18.2 Å². The lowest BCUT2D eigenvalue weighted by Gasteiger charge is -2.35. The number of ether oxygens (including phenoxy) is 1. The van der Waals surface area contributed by atoms with Gasteiger partial charge in [0.1, 0.15) is 12.4 Å². The topological polar surface area (TPSA) is 45.7 Å². The van der Waals surface area contributed by atoms with Crippen LogP contribution in [-0.2, 0) is 9.53 Å². The molecule has 0 saturated carbocycles. The maximum atomic E-state index is 11.9. The largest absolute Gasteiger partial charge is 0.375 e. The highest BCUT2D eigenvalue weighted by Gasteiger charge is 2.22. The van der Waals surface area contributed by atoms with Crippen molar-refractivity contribution in [2.24, 2.45) is 0 Å². The first kappa shape index (κ1) is 15.7. The van der Waals surface area contributed by atoms with Crippen LogP contribution < -0.4 is 4.90 Å². The Kier molecular flexibility index (Phi) is 4.48. The maximum absolute atomic E-state index is 11.9. The molecule has 5 nitrogen and oxygen atoms in total. The Morgan fingerprint density at radius 2 is 1.91 bits per heavy atom. The van der Waals surface area contributed by atoms with Crippen molar-refractivity contribution in [1.29, 1.82) is 0 Å². The molecular formula is C18H23N3O2. The summed E-state index contributed by atoms with van der Waals surface area (Å²) < 4.78 is 4.93. The molecule has 1 saturated heterocycles. The van der Waals surface area contributed by atoms with Gasteiger partial charge < -0.3 is 14.5 Å². The Morgan fingerprint density at radius 3 is 2.61 bits per heavy atom. The predicted octanol–water partition coefficient (Wildman–Crippen LogP) is 2.15. The lowest BCUT2D eigenvalue weighted by atomic mass is 10.1. The van der Waals surface area contributed by atoms with Gasteiger partial charge in [-0.15, -0.1) is 0 Å². The molecule has 0 N–H and O–H groups in total. The van der Waals surface area contributed by atoms with Crippen LogP contribution in [0.4, 0.5) is 5.82 Å². The summed E-state index contributed by atoms with van der Waals surface area (Å²) in [6, 6.07) is 8.44. The molecule has 0 spiro atoms. The average Bonchev–Trinajstić information content (AvgIpc) is 2.56. The SMILES string of the molecule is COCC(=O)N1CCN(c2cc(C)c3cccc(C)c3n2)CC1. The van der Waals surface area contributed by atoms with Crippen molar-refractivity contribution >= 4 is 22.6 Å². The van der Waals surface area contributed by atoms with Crippen LogP contribution in [0, 0.1) is 13.8 Å². The predicted molar refractivity (Wildman–Crippen MR) is 91.9 cm³/mol. The van der Waals surface area contributed by atoms with Gasteiger partial charge in [-0.05, 0) is 31.0 Å². The zero-order valence-electron chi connectivity index (χ0n) is 14.0. The summed E-state index contributed by atoms with van der Waals surface area (Å²) in [6.45, 7) is 7.43. The quantitative estimate of drug-likeness (QED) is 0.871. The third-order valence-corrected chi connectivity index (χ3v) is 4.46. The number of benzene rings is 1. The second-order valence-electron chi connectivity index (χ2n) is 6.07. The van der Waals surface area contributed by atoms with Crippen molar-refractivity contribution in [3.8, 4) is 0 Å². The number of hydrogen-bond donors (Lipinski definition) is 0. The van der Waals surface area contributed by atoms with E-state index in [1.54, 1.807) is 7.11 Å². The van der Waals surface area contributed by atoms with Gasteiger partial charge in [0.25, 0.3) is 0 Å². The van der Waals surface area contributed by atoms with Crippen molar-refractivity contribution in [2.45, 2.75) is 13.8 Å². The fourth-order valence-electron chi connectivity index (χ4n) is 3.11. The Balaban J connectivity index is 1.80. The Hall–Kier alpha value is -2.14. The number of anilines is 1. The molecule has 1 amide bonds. The van der Waals surface area contributed by atoms with E-state index in [1.807, 2.05) is 4.90 Å². The van der Waals surface area contributed by atoms with E-state index < -0.39 is 0 Å². The van der Waals surface area contributed by atoms with Gasteiger partial charge in [0.05, 0.1) is 5.52 Å². The molecule has 122 valence electrons. The molecule has 1 aliphatic rings. The van der Waals surface area contributed by atoms with E-state index in [9.17, 15) is 4.79 Å². The van der Waals surface area contributed by atoms with E-state index in [1.165, 1.54) is 16.5 Å². The number of hydrogen-bond acceptors (Lipinski definition) is 4. The van der Waals surface area contributed by atoms with E-state index in [0.717, 1.165) is 24.4 Å². The lowest BCUT2D eigenvalue weighted by Crippen LogP contribution is -2.50. The second kappa shape index (κ2) is 6.54. The number of piperazine rings is 1. The molecule has 1 aromatic heterocycles. The van der Waals surface area contributed by atoms with E-state index in [-0.39, 0.29) is 12.5 Å². The number of methoxy groups -OCH3 is 1. The summed E-state index contributed by atoms with van der Waals surface area (Å²) in [5.41, 5.74) is 3.51. The van der Waals surface area contributed by atoms with Crippen LogP contribution >= 0.6 is 0 Å². The molecule has 5 heteroatoms. The molecule has 0 aliphatic carbocycles. The Labute approximate surface area is 136 Å². The summed E-state index contributed by atoms with van der Waals surface area (Å²) in [6.07, 6.45) is 0. The molecular weight excluding hydrogens is 290 g/mol. The number of nitrogens with zero attached hydrogens (tertiary/aromatic N) is 3. The summed E-state index contributed by atoms with van der Waals surface area (Å²) in [5.74, 6) is 1.06. The highest BCUT2D eigenvalue weighted by Crippen LogP contribution is 2.25. The number of carbonyl (C=O) groups is 1. The summed E-state index contributed by atoms with van der Waals surface area (Å²) in [4.78, 5) is 20.9. The van der Waals surface area contributed by atoms with E-state index in [0.29, 0.717) is 13.1 Å². The number of fused-ring (bicyclic) bond motifs is 1. The van der Waals surface area contributed by atoms with Gasteiger partial charge in [0.2, 0.25) is 5.91 Å². The van der Waals surface area contributed by atoms with Crippen molar-refractivity contribution in [1.82, 2.24) is 9.88 Å². The van der Waals surface area contributed by atoms with Crippen LogP contribution in [-0.4, -0.2) is 55.7 Å². The fraction of sp³-hybridized carbons (Fsp3) is 0.444. The summed E-state index contributed by atoms with van der Waals surface area (Å²) in [5, 5.41) is 1.21. The number of para-hydroxylation sites is 1.